The number of hydrogen-bond acceptors (Lipinski definition) is 4. The summed E-state index contributed by atoms with van der Waals surface area (Å²) >= 11 is 0. The topological polar surface area (TPSA) is 85.2 Å². The second kappa shape index (κ2) is 6.30. The Hall–Kier alpha value is -2.48. The van der Waals surface area contributed by atoms with Crippen LogP contribution in [0.1, 0.15) is 13.8 Å². The number of nitrogens with one attached hydrogen (secondary N) is 2. The highest BCUT2D eigenvalue weighted by Crippen LogP contribution is 2.21. The van der Waals surface area contributed by atoms with Crippen LogP contribution in [0.5, 0.6) is 5.75 Å². The summed E-state index contributed by atoms with van der Waals surface area (Å²) < 4.78 is 0. The lowest BCUT2D eigenvalue weighted by molar-refractivity contribution is -0.112. The van der Waals surface area contributed by atoms with E-state index in [1.165, 1.54) is 12.3 Å². The highest BCUT2D eigenvalue weighted by molar-refractivity contribution is 6.07. The average molecular weight is 245 g/mol. The SMILES string of the molecule is CC(C)N/C=C(/C#N)C(=O)Nc1ccccc1O. The Morgan fingerprint density at radius 1 is 1.44 bits per heavy atom. The minimum Gasteiger partial charge on any atom is -0.506 e. The Labute approximate surface area is 106 Å². The summed E-state index contributed by atoms with van der Waals surface area (Å²) in [5.74, 6) is -0.605. The number of benzene rings is 1. The first-order valence-corrected chi connectivity index (χ1v) is 5.50. The largest absolute Gasteiger partial charge is 0.506 e. The van der Waals surface area contributed by atoms with Crippen molar-refractivity contribution in [1.82, 2.24) is 5.32 Å². The molecule has 0 unspecified atom stereocenters. The van der Waals surface area contributed by atoms with Gasteiger partial charge in [0, 0.05) is 12.2 Å². The van der Waals surface area contributed by atoms with Crippen LogP contribution in [0.4, 0.5) is 5.69 Å². The number of phenolic OH excluding ortho intramolecular Hbond substituents is 1. The first kappa shape index (κ1) is 13.6. The summed E-state index contributed by atoms with van der Waals surface area (Å²) in [4.78, 5) is 11.8. The molecule has 0 radical (unpaired) electrons. The third-order valence-corrected chi connectivity index (χ3v) is 2.08. The predicted molar refractivity (Wildman–Crippen MR) is 68.7 cm³/mol. The number of aromatic hydroxyl groups is 1. The van der Waals surface area contributed by atoms with Gasteiger partial charge >= 0.3 is 0 Å². The van der Waals surface area contributed by atoms with E-state index in [2.05, 4.69) is 10.6 Å². The quantitative estimate of drug-likeness (QED) is 0.428. The molecule has 1 aromatic carbocycles. The van der Waals surface area contributed by atoms with Crippen LogP contribution in [-0.2, 0) is 4.79 Å². The smallest absolute Gasteiger partial charge is 0.267 e. The number of nitriles is 1. The molecule has 0 heterocycles. The minimum absolute atomic E-state index is 0.0417. The van der Waals surface area contributed by atoms with E-state index in [9.17, 15) is 9.90 Å². The molecule has 0 atom stereocenters. The second-order valence-corrected chi connectivity index (χ2v) is 3.96. The number of anilines is 1. The Bertz CT molecular complexity index is 501. The van der Waals surface area contributed by atoms with Crippen molar-refractivity contribution in [2.45, 2.75) is 19.9 Å². The monoisotopic (exact) mass is 245 g/mol. The standard InChI is InChI=1S/C13H15N3O2/c1-9(2)15-8-10(7-14)13(18)16-11-5-3-4-6-12(11)17/h3-6,8-9,15,17H,1-2H3,(H,16,18)/b10-8-. The molecule has 18 heavy (non-hydrogen) atoms. The van der Waals surface area contributed by atoms with Crippen LogP contribution in [-0.4, -0.2) is 17.1 Å². The number of nitrogens with zero attached hydrogens (tertiary/aromatic N) is 1. The summed E-state index contributed by atoms with van der Waals surface area (Å²) in [5, 5.41) is 23.7. The fourth-order valence-corrected chi connectivity index (χ4v) is 1.17. The summed E-state index contributed by atoms with van der Waals surface area (Å²) in [7, 11) is 0. The van der Waals surface area contributed by atoms with Crippen LogP contribution in [0.3, 0.4) is 0 Å². The maximum Gasteiger partial charge on any atom is 0.267 e. The van der Waals surface area contributed by atoms with Crippen molar-refractivity contribution < 1.29 is 9.90 Å². The zero-order valence-electron chi connectivity index (χ0n) is 10.3. The molecule has 0 aliphatic rings. The normalized spacial score (nSPS) is 10.9. The zero-order chi connectivity index (χ0) is 13.5. The molecule has 0 fully saturated rings. The van der Waals surface area contributed by atoms with Crippen molar-refractivity contribution in [3.05, 3.63) is 36.0 Å². The molecule has 1 amide bonds. The number of phenols is 1. The summed E-state index contributed by atoms with van der Waals surface area (Å²) in [6.45, 7) is 3.79. The van der Waals surface area contributed by atoms with E-state index < -0.39 is 5.91 Å². The van der Waals surface area contributed by atoms with E-state index in [0.717, 1.165) is 0 Å². The highest BCUT2D eigenvalue weighted by Gasteiger charge is 2.11. The van der Waals surface area contributed by atoms with Gasteiger partial charge in [-0.15, -0.1) is 0 Å². The van der Waals surface area contributed by atoms with Gasteiger partial charge in [-0.1, -0.05) is 12.1 Å². The van der Waals surface area contributed by atoms with Gasteiger partial charge in [0.25, 0.3) is 5.91 Å². The highest BCUT2D eigenvalue weighted by atomic mass is 16.3. The molecule has 0 saturated carbocycles. The molecule has 0 aromatic heterocycles. The maximum atomic E-state index is 11.8. The van der Waals surface area contributed by atoms with Crippen LogP contribution < -0.4 is 10.6 Å². The fraction of sp³-hybridized carbons (Fsp3) is 0.231. The number of para-hydroxylation sites is 2. The van der Waals surface area contributed by atoms with E-state index in [1.807, 2.05) is 13.8 Å². The van der Waals surface area contributed by atoms with Crippen LogP contribution in [0.2, 0.25) is 0 Å². The maximum absolute atomic E-state index is 11.8. The molecular weight excluding hydrogens is 230 g/mol. The Morgan fingerprint density at radius 2 is 2.11 bits per heavy atom. The van der Waals surface area contributed by atoms with Crippen LogP contribution in [0, 0.1) is 11.3 Å². The van der Waals surface area contributed by atoms with E-state index in [0.29, 0.717) is 0 Å². The molecular formula is C13H15N3O2. The summed E-state index contributed by atoms with van der Waals surface area (Å²) in [6.07, 6.45) is 1.36. The van der Waals surface area contributed by atoms with E-state index in [-0.39, 0.29) is 23.1 Å². The molecule has 0 aliphatic heterocycles. The molecule has 94 valence electrons. The minimum atomic E-state index is -0.563. The molecule has 1 aromatic rings. The van der Waals surface area contributed by atoms with E-state index in [1.54, 1.807) is 24.3 Å². The average Bonchev–Trinajstić information content (AvgIpc) is 2.32. The first-order valence-electron chi connectivity index (χ1n) is 5.50. The van der Waals surface area contributed by atoms with Crippen LogP contribution in [0.25, 0.3) is 0 Å². The third-order valence-electron chi connectivity index (χ3n) is 2.08. The Balaban J connectivity index is 2.79. The zero-order valence-corrected chi connectivity index (χ0v) is 10.3. The van der Waals surface area contributed by atoms with Crippen molar-refractivity contribution in [3.63, 3.8) is 0 Å². The van der Waals surface area contributed by atoms with Gasteiger partial charge in [0.15, 0.2) is 0 Å². The molecule has 0 saturated heterocycles. The van der Waals surface area contributed by atoms with Gasteiger partial charge in [-0.3, -0.25) is 4.79 Å². The van der Waals surface area contributed by atoms with Gasteiger partial charge in [0.1, 0.15) is 17.4 Å². The number of carbonyl (C=O) groups is 1. The summed E-state index contributed by atoms with van der Waals surface area (Å²) in [5.41, 5.74) is 0.222. The summed E-state index contributed by atoms with van der Waals surface area (Å²) in [6, 6.07) is 8.27. The molecule has 3 N–H and O–H groups in total. The first-order chi connectivity index (χ1) is 8.54. The molecule has 5 heteroatoms. The van der Waals surface area contributed by atoms with Gasteiger partial charge in [-0.2, -0.15) is 5.26 Å². The molecule has 0 aliphatic carbocycles. The van der Waals surface area contributed by atoms with Crippen molar-refractivity contribution in [2.75, 3.05) is 5.32 Å². The second-order valence-electron chi connectivity index (χ2n) is 3.96. The van der Waals surface area contributed by atoms with Gasteiger partial charge in [-0.05, 0) is 26.0 Å². The van der Waals surface area contributed by atoms with Gasteiger partial charge in [-0.25, -0.2) is 0 Å². The van der Waals surface area contributed by atoms with Gasteiger partial charge in [0.05, 0.1) is 5.69 Å². The fourth-order valence-electron chi connectivity index (χ4n) is 1.17. The van der Waals surface area contributed by atoms with Crippen LogP contribution >= 0.6 is 0 Å². The van der Waals surface area contributed by atoms with Crippen molar-refractivity contribution in [2.24, 2.45) is 0 Å². The number of rotatable bonds is 4. The molecule has 1 rings (SSSR count). The number of hydrogen-bond donors (Lipinski definition) is 3. The van der Waals surface area contributed by atoms with Crippen molar-refractivity contribution in [3.8, 4) is 11.8 Å². The van der Waals surface area contributed by atoms with Crippen LogP contribution in [0.15, 0.2) is 36.0 Å². The Kier molecular flexibility index (Phi) is 4.76. The Morgan fingerprint density at radius 3 is 2.67 bits per heavy atom. The molecule has 0 bridgehead atoms. The lowest BCUT2D eigenvalue weighted by atomic mass is 10.2. The lowest BCUT2D eigenvalue weighted by Crippen LogP contribution is -2.20. The molecule has 0 spiro atoms. The van der Waals surface area contributed by atoms with E-state index >= 15 is 0 Å². The van der Waals surface area contributed by atoms with Gasteiger partial charge < -0.3 is 15.7 Å². The van der Waals surface area contributed by atoms with Gasteiger partial charge in [0.2, 0.25) is 0 Å². The van der Waals surface area contributed by atoms with Crippen molar-refractivity contribution >= 4 is 11.6 Å². The third kappa shape index (κ3) is 3.83. The van der Waals surface area contributed by atoms with E-state index in [4.69, 9.17) is 5.26 Å². The lowest BCUT2D eigenvalue weighted by Gasteiger charge is -2.07. The number of amides is 1. The number of carbonyl (C=O) groups excluding carboxylic acids is 1. The molecule has 5 nitrogen and oxygen atoms in total. The van der Waals surface area contributed by atoms with Crippen molar-refractivity contribution in [1.29, 1.82) is 5.26 Å². The predicted octanol–water partition coefficient (Wildman–Crippen LogP) is 1.74.